The molecule has 0 radical (unpaired) electrons. The van der Waals surface area contributed by atoms with Crippen LogP contribution in [0, 0.1) is 0 Å². The van der Waals surface area contributed by atoms with Crippen LogP contribution in [0.25, 0.3) is 0 Å². The van der Waals surface area contributed by atoms with Crippen molar-refractivity contribution in [3.05, 3.63) is 58.3 Å². The van der Waals surface area contributed by atoms with Gasteiger partial charge >= 0.3 is 0 Å². The third-order valence-electron chi connectivity index (χ3n) is 4.91. The average Bonchev–Trinajstić information content (AvgIpc) is 3.15. The second kappa shape index (κ2) is 8.61. The molecule has 3 rings (SSSR count). The van der Waals surface area contributed by atoms with Gasteiger partial charge in [0.15, 0.2) is 0 Å². The third kappa shape index (κ3) is 4.91. The van der Waals surface area contributed by atoms with E-state index in [1.165, 1.54) is 10.4 Å². The molecule has 25 heavy (non-hydrogen) atoms. The second-order valence-electron chi connectivity index (χ2n) is 6.75. The maximum atomic E-state index is 12.8. The number of carbonyl (C=O) groups is 1. The molecule has 0 saturated carbocycles. The normalized spacial score (nSPS) is 17.4. The lowest BCUT2D eigenvalue weighted by atomic mass is 10.1. The van der Waals surface area contributed by atoms with Gasteiger partial charge in [0.25, 0.3) is 0 Å². The molecule has 4 nitrogen and oxygen atoms in total. The number of carbonyl (C=O) groups excluding carboxylic acids is 1. The molecule has 1 saturated heterocycles. The Balaban J connectivity index is 1.48. The SMILES string of the molecule is CC(C(=O)N(C)Cc1ccccc1)N1CCN(Cc2cccs2)CC1. The molecule has 1 unspecified atom stereocenters. The Labute approximate surface area is 154 Å². The highest BCUT2D eigenvalue weighted by Crippen LogP contribution is 2.15. The van der Waals surface area contributed by atoms with Gasteiger partial charge in [-0.1, -0.05) is 36.4 Å². The number of rotatable bonds is 6. The fourth-order valence-corrected chi connectivity index (χ4v) is 4.09. The van der Waals surface area contributed by atoms with Gasteiger partial charge in [-0.15, -0.1) is 11.3 Å². The molecule has 1 aromatic carbocycles. The summed E-state index contributed by atoms with van der Waals surface area (Å²) in [6, 6.07) is 14.4. The van der Waals surface area contributed by atoms with Gasteiger partial charge < -0.3 is 4.90 Å². The summed E-state index contributed by atoms with van der Waals surface area (Å²) in [5.41, 5.74) is 1.17. The topological polar surface area (TPSA) is 26.8 Å². The minimum atomic E-state index is -0.0578. The van der Waals surface area contributed by atoms with Gasteiger partial charge in [0, 0.05) is 51.2 Å². The van der Waals surface area contributed by atoms with Crippen molar-refractivity contribution < 1.29 is 4.79 Å². The number of piperazine rings is 1. The van der Waals surface area contributed by atoms with Crippen LogP contribution < -0.4 is 0 Å². The van der Waals surface area contributed by atoms with Crippen LogP contribution in [0.5, 0.6) is 0 Å². The standard InChI is InChI=1S/C20H27N3OS/c1-17(20(24)21(2)15-18-7-4-3-5-8-18)23-12-10-22(11-13-23)16-19-9-6-14-25-19/h3-9,14,17H,10-13,15-16H2,1-2H3. The highest BCUT2D eigenvalue weighted by molar-refractivity contribution is 7.09. The van der Waals surface area contributed by atoms with Gasteiger partial charge in [-0.05, 0) is 23.9 Å². The van der Waals surface area contributed by atoms with E-state index in [9.17, 15) is 4.79 Å². The summed E-state index contributed by atoms with van der Waals surface area (Å²) in [6.07, 6.45) is 0. The molecule has 0 spiro atoms. The Kier molecular flexibility index (Phi) is 6.24. The minimum Gasteiger partial charge on any atom is -0.340 e. The summed E-state index contributed by atoms with van der Waals surface area (Å²) in [6.45, 7) is 7.70. The predicted octanol–water partition coefficient (Wildman–Crippen LogP) is 2.91. The number of hydrogen-bond donors (Lipinski definition) is 0. The molecule has 1 aromatic heterocycles. The van der Waals surface area contributed by atoms with E-state index in [1.807, 2.05) is 48.4 Å². The lowest BCUT2D eigenvalue weighted by Gasteiger charge is -2.38. The summed E-state index contributed by atoms with van der Waals surface area (Å²) in [4.78, 5) is 20.8. The Morgan fingerprint density at radius 1 is 1.12 bits per heavy atom. The first kappa shape index (κ1) is 18.1. The fraction of sp³-hybridized carbons (Fsp3) is 0.450. The van der Waals surface area contributed by atoms with Crippen molar-refractivity contribution in [1.82, 2.24) is 14.7 Å². The van der Waals surface area contributed by atoms with Gasteiger partial charge in [-0.25, -0.2) is 0 Å². The highest BCUT2D eigenvalue weighted by Gasteiger charge is 2.27. The Bertz CT molecular complexity index is 651. The van der Waals surface area contributed by atoms with E-state index in [0.29, 0.717) is 6.54 Å². The predicted molar refractivity (Wildman–Crippen MR) is 104 cm³/mol. The lowest BCUT2D eigenvalue weighted by Crippen LogP contribution is -2.53. The Morgan fingerprint density at radius 2 is 1.84 bits per heavy atom. The van der Waals surface area contributed by atoms with Crippen LogP contribution in [0.4, 0.5) is 0 Å². The molecule has 1 amide bonds. The average molecular weight is 358 g/mol. The molecule has 0 aliphatic carbocycles. The van der Waals surface area contributed by atoms with E-state index in [-0.39, 0.29) is 11.9 Å². The van der Waals surface area contributed by atoms with Gasteiger partial charge in [-0.3, -0.25) is 14.6 Å². The zero-order chi connectivity index (χ0) is 17.6. The van der Waals surface area contributed by atoms with Crippen LogP contribution in [0.1, 0.15) is 17.4 Å². The number of amides is 1. The number of thiophene rings is 1. The molecule has 134 valence electrons. The summed E-state index contributed by atoms with van der Waals surface area (Å²) >= 11 is 1.82. The molecular formula is C20H27N3OS. The lowest BCUT2D eigenvalue weighted by molar-refractivity contribution is -0.136. The largest absolute Gasteiger partial charge is 0.340 e. The molecule has 2 heterocycles. The maximum absolute atomic E-state index is 12.8. The minimum absolute atomic E-state index is 0.0578. The smallest absolute Gasteiger partial charge is 0.239 e. The number of hydrogen-bond acceptors (Lipinski definition) is 4. The van der Waals surface area contributed by atoms with Crippen molar-refractivity contribution >= 4 is 17.2 Å². The van der Waals surface area contributed by atoms with Crippen molar-refractivity contribution in [3.63, 3.8) is 0 Å². The van der Waals surface area contributed by atoms with Crippen molar-refractivity contribution in [2.24, 2.45) is 0 Å². The molecule has 0 N–H and O–H groups in total. The summed E-state index contributed by atoms with van der Waals surface area (Å²) in [5, 5.41) is 2.13. The summed E-state index contributed by atoms with van der Waals surface area (Å²) < 4.78 is 0. The Morgan fingerprint density at radius 3 is 2.48 bits per heavy atom. The van der Waals surface area contributed by atoms with Crippen LogP contribution in [0.15, 0.2) is 47.8 Å². The van der Waals surface area contributed by atoms with Crippen molar-refractivity contribution in [2.45, 2.75) is 26.1 Å². The highest BCUT2D eigenvalue weighted by atomic mass is 32.1. The summed E-state index contributed by atoms with van der Waals surface area (Å²) in [5.74, 6) is 0.204. The molecule has 1 aliphatic heterocycles. The van der Waals surface area contributed by atoms with Gasteiger partial charge in [-0.2, -0.15) is 0 Å². The van der Waals surface area contributed by atoms with E-state index in [4.69, 9.17) is 0 Å². The first-order valence-electron chi connectivity index (χ1n) is 8.91. The number of benzene rings is 1. The molecular weight excluding hydrogens is 330 g/mol. The molecule has 1 fully saturated rings. The van der Waals surface area contributed by atoms with Crippen LogP contribution in [-0.4, -0.2) is 59.9 Å². The van der Waals surface area contributed by atoms with Crippen LogP contribution in [0.2, 0.25) is 0 Å². The van der Waals surface area contributed by atoms with E-state index < -0.39 is 0 Å². The van der Waals surface area contributed by atoms with Crippen molar-refractivity contribution in [2.75, 3.05) is 33.2 Å². The van der Waals surface area contributed by atoms with E-state index in [0.717, 1.165) is 32.7 Å². The van der Waals surface area contributed by atoms with E-state index >= 15 is 0 Å². The number of nitrogens with zero attached hydrogens (tertiary/aromatic N) is 3. The fourth-order valence-electron chi connectivity index (χ4n) is 3.34. The molecule has 1 aliphatic rings. The van der Waals surface area contributed by atoms with Gasteiger partial charge in [0.05, 0.1) is 6.04 Å². The molecule has 1 atom stereocenters. The van der Waals surface area contributed by atoms with Crippen molar-refractivity contribution in [1.29, 1.82) is 0 Å². The first-order chi connectivity index (χ1) is 12.1. The molecule has 2 aromatic rings. The monoisotopic (exact) mass is 357 g/mol. The van der Waals surface area contributed by atoms with E-state index in [1.54, 1.807) is 0 Å². The zero-order valence-corrected chi connectivity index (χ0v) is 15.9. The van der Waals surface area contributed by atoms with Crippen molar-refractivity contribution in [3.8, 4) is 0 Å². The van der Waals surface area contributed by atoms with Crippen LogP contribution >= 0.6 is 11.3 Å². The molecule has 0 bridgehead atoms. The maximum Gasteiger partial charge on any atom is 0.239 e. The second-order valence-corrected chi connectivity index (χ2v) is 7.78. The van der Waals surface area contributed by atoms with E-state index in [2.05, 4.69) is 39.4 Å². The van der Waals surface area contributed by atoms with Gasteiger partial charge in [0.1, 0.15) is 0 Å². The Hall–Kier alpha value is -1.69. The zero-order valence-electron chi connectivity index (χ0n) is 15.1. The summed E-state index contributed by atoms with van der Waals surface area (Å²) in [7, 11) is 1.90. The van der Waals surface area contributed by atoms with Crippen LogP contribution in [-0.2, 0) is 17.9 Å². The number of likely N-dealkylation sites (N-methyl/N-ethyl adjacent to an activating group) is 1. The van der Waals surface area contributed by atoms with Gasteiger partial charge in [0.2, 0.25) is 5.91 Å². The van der Waals surface area contributed by atoms with Crippen LogP contribution in [0.3, 0.4) is 0 Å². The first-order valence-corrected chi connectivity index (χ1v) is 9.79. The quantitative estimate of drug-likeness (QED) is 0.795. The third-order valence-corrected chi connectivity index (χ3v) is 5.77. The molecule has 5 heteroatoms.